The van der Waals surface area contributed by atoms with Gasteiger partial charge in [-0.3, -0.25) is 0 Å². The van der Waals surface area contributed by atoms with Crippen molar-refractivity contribution in [3.8, 4) is 5.75 Å². The monoisotopic (exact) mass is 392 g/mol. The van der Waals surface area contributed by atoms with Crippen LogP contribution in [0.25, 0.3) is 0 Å². The number of amides is 2. The number of nitrogens with one attached hydrogen (secondary N) is 2. The Morgan fingerprint density at radius 2 is 1.79 bits per heavy atom. The highest BCUT2D eigenvalue weighted by molar-refractivity contribution is 9.10. The number of hydrogen-bond acceptors (Lipinski definition) is 4. The van der Waals surface area contributed by atoms with E-state index in [4.69, 9.17) is 4.74 Å². The van der Waals surface area contributed by atoms with E-state index in [0.29, 0.717) is 11.4 Å². The van der Waals surface area contributed by atoms with Crippen molar-refractivity contribution in [3.05, 3.63) is 52.5 Å². The Labute approximate surface area is 148 Å². The van der Waals surface area contributed by atoms with Crippen molar-refractivity contribution in [2.24, 2.45) is 0 Å². The lowest BCUT2D eigenvalue weighted by molar-refractivity contribution is 0.104. The summed E-state index contributed by atoms with van der Waals surface area (Å²) in [6.45, 7) is 3.84. The molecule has 0 aliphatic carbocycles. The largest absolute Gasteiger partial charge is 0.513 e. The molecule has 2 amide bonds. The molecule has 0 heterocycles. The molecule has 7 heteroatoms. The van der Waals surface area contributed by atoms with E-state index in [0.717, 1.165) is 15.7 Å². The third-order valence-corrected chi connectivity index (χ3v) is 3.51. The van der Waals surface area contributed by atoms with E-state index in [1.807, 2.05) is 25.1 Å². The molecule has 2 rings (SSSR count). The fourth-order valence-electron chi connectivity index (χ4n) is 1.90. The lowest BCUT2D eigenvalue weighted by Crippen LogP contribution is -2.19. The van der Waals surface area contributed by atoms with E-state index in [-0.39, 0.29) is 12.6 Å². The van der Waals surface area contributed by atoms with E-state index < -0.39 is 6.16 Å². The van der Waals surface area contributed by atoms with Crippen molar-refractivity contribution in [1.82, 2.24) is 0 Å². The molecule has 0 bridgehead atoms. The Morgan fingerprint density at radius 3 is 2.42 bits per heavy atom. The zero-order valence-corrected chi connectivity index (χ0v) is 14.8. The lowest BCUT2D eigenvalue weighted by Gasteiger charge is -2.10. The van der Waals surface area contributed by atoms with E-state index >= 15 is 0 Å². The molecular weight excluding hydrogens is 376 g/mol. The molecule has 2 N–H and O–H groups in total. The molecule has 0 atom stereocenters. The maximum absolute atomic E-state index is 12.0. The van der Waals surface area contributed by atoms with E-state index in [1.54, 1.807) is 31.2 Å². The fourth-order valence-corrected chi connectivity index (χ4v) is 2.38. The van der Waals surface area contributed by atoms with Gasteiger partial charge in [0, 0.05) is 15.8 Å². The minimum atomic E-state index is -0.762. The van der Waals surface area contributed by atoms with Gasteiger partial charge in [0.25, 0.3) is 0 Å². The molecule has 0 aliphatic heterocycles. The smallest absolute Gasteiger partial charge is 0.434 e. The molecule has 24 heavy (non-hydrogen) atoms. The summed E-state index contributed by atoms with van der Waals surface area (Å²) < 4.78 is 10.6. The number of benzene rings is 2. The molecule has 0 unspecified atom stereocenters. The van der Waals surface area contributed by atoms with E-state index in [2.05, 4.69) is 31.3 Å². The third kappa shape index (κ3) is 5.27. The van der Waals surface area contributed by atoms with Crippen LogP contribution in [-0.4, -0.2) is 18.8 Å². The Hall–Kier alpha value is -2.54. The predicted molar refractivity (Wildman–Crippen MR) is 95.6 cm³/mol. The summed E-state index contributed by atoms with van der Waals surface area (Å²) in [5, 5.41) is 5.48. The second-order valence-electron chi connectivity index (χ2n) is 4.85. The Kier molecular flexibility index (Phi) is 6.20. The van der Waals surface area contributed by atoms with Crippen LogP contribution >= 0.6 is 15.9 Å². The Morgan fingerprint density at radius 1 is 1.08 bits per heavy atom. The number of carbonyl (C=O) groups excluding carboxylic acids is 2. The minimum Gasteiger partial charge on any atom is -0.434 e. The van der Waals surface area contributed by atoms with Crippen LogP contribution in [0, 0.1) is 6.92 Å². The van der Waals surface area contributed by atoms with Crippen molar-refractivity contribution in [2.45, 2.75) is 13.8 Å². The van der Waals surface area contributed by atoms with E-state index in [9.17, 15) is 9.59 Å². The summed E-state index contributed by atoms with van der Waals surface area (Å²) in [6.07, 6.45) is -0.762. The number of hydrogen-bond donors (Lipinski definition) is 2. The van der Waals surface area contributed by atoms with Gasteiger partial charge in [0.2, 0.25) is 0 Å². The van der Waals surface area contributed by atoms with Gasteiger partial charge in [0.15, 0.2) is 0 Å². The predicted octanol–water partition coefficient (Wildman–Crippen LogP) is 4.94. The second-order valence-corrected chi connectivity index (χ2v) is 5.76. The molecule has 2 aromatic rings. The van der Waals surface area contributed by atoms with Gasteiger partial charge in [-0.05, 0) is 61.9 Å². The van der Waals surface area contributed by atoms with Crippen LogP contribution in [0.3, 0.4) is 0 Å². The number of rotatable bonds is 4. The van der Waals surface area contributed by atoms with Gasteiger partial charge < -0.3 is 20.1 Å². The van der Waals surface area contributed by atoms with Gasteiger partial charge >= 0.3 is 12.2 Å². The average molecular weight is 393 g/mol. The zero-order chi connectivity index (χ0) is 17.5. The van der Waals surface area contributed by atoms with Gasteiger partial charge in [0.1, 0.15) is 5.75 Å². The minimum absolute atomic E-state index is 0.244. The zero-order valence-electron chi connectivity index (χ0n) is 13.3. The molecule has 0 saturated carbocycles. The number of ether oxygens (including phenoxy) is 2. The highest BCUT2D eigenvalue weighted by Crippen LogP contribution is 2.21. The topological polar surface area (TPSA) is 76.7 Å². The maximum Gasteiger partial charge on any atom is 0.513 e. The highest BCUT2D eigenvalue weighted by Gasteiger charge is 2.07. The van der Waals surface area contributed by atoms with Crippen molar-refractivity contribution < 1.29 is 19.1 Å². The first-order valence-corrected chi connectivity index (χ1v) is 8.06. The maximum atomic E-state index is 12.0. The first-order chi connectivity index (χ1) is 11.5. The quantitative estimate of drug-likeness (QED) is 0.570. The molecule has 126 valence electrons. The average Bonchev–Trinajstić information content (AvgIpc) is 2.52. The van der Waals surface area contributed by atoms with Gasteiger partial charge in [-0.1, -0.05) is 15.9 Å². The SMILES string of the molecule is CCOC(=O)Oc1ccc(NC(=O)Nc2ccc(Br)cc2C)cc1. The molecule has 0 fully saturated rings. The first kappa shape index (κ1) is 17.8. The summed E-state index contributed by atoms with van der Waals surface area (Å²) >= 11 is 3.38. The van der Waals surface area contributed by atoms with Crippen LogP contribution < -0.4 is 15.4 Å². The molecule has 6 nitrogen and oxygen atoms in total. The van der Waals surface area contributed by atoms with Crippen LogP contribution in [0.4, 0.5) is 21.0 Å². The summed E-state index contributed by atoms with van der Waals surface area (Å²) in [4.78, 5) is 23.2. The number of anilines is 2. The van der Waals surface area contributed by atoms with Crippen LogP contribution in [0.15, 0.2) is 46.9 Å². The number of aryl methyl sites for hydroxylation is 1. The first-order valence-electron chi connectivity index (χ1n) is 7.26. The third-order valence-electron chi connectivity index (χ3n) is 3.01. The number of carbonyl (C=O) groups is 2. The van der Waals surface area contributed by atoms with Crippen molar-refractivity contribution in [3.63, 3.8) is 0 Å². The normalized spacial score (nSPS) is 9.96. The lowest BCUT2D eigenvalue weighted by atomic mass is 10.2. The highest BCUT2D eigenvalue weighted by atomic mass is 79.9. The van der Waals surface area contributed by atoms with Crippen LogP contribution in [0.1, 0.15) is 12.5 Å². The summed E-state index contributed by atoms with van der Waals surface area (Å²) in [5.41, 5.74) is 2.23. The van der Waals surface area contributed by atoms with Crippen LogP contribution in [0.5, 0.6) is 5.75 Å². The van der Waals surface area contributed by atoms with Gasteiger partial charge in [-0.25, -0.2) is 9.59 Å². The molecule has 0 radical (unpaired) electrons. The molecule has 0 spiro atoms. The molecule has 0 aliphatic rings. The summed E-state index contributed by atoms with van der Waals surface area (Å²) in [7, 11) is 0. The van der Waals surface area contributed by atoms with Crippen molar-refractivity contribution >= 4 is 39.5 Å². The fraction of sp³-hybridized carbons (Fsp3) is 0.176. The number of halogens is 1. The van der Waals surface area contributed by atoms with Crippen LogP contribution in [-0.2, 0) is 4.74 Å². The molecular formula is C17H17BrN2O4. The van der Waals surface area contributed by atoms with Crippen molar-refractivity contribution in [1.29, 1.82) is 0 Å². The van der Waals surface area contributed by atoms with E-state index in [1.165, 1.54) is 0 Å². The summed E-state index contributed by atoms with van der Waals surface area (Å²) in [5.74, 6) is 0.336. The van der Waals surface area contributed by atoms with Crippen LogP contribution in [0.2, 0.25) is 0 Å². The standard InChI is InChI=1S/C17H17BrN2O4/c1-3-23-17(22)24-14-7-5-13(6-8-14)19-16(21)20-15-9-4-12(18)10-11(15)2/h4-10H,3H2,1-2H3,(H2,19,20,21). The molecule has 0 saturated heterocycles. The van der Waals surface area contributed by atoms with Gasteiger partial charge in [0.05, 0.1) is 6.61 Å². The second kappa shape index (κ2) is 8.35. The van der Waals surface area contributed by atoms with Gasteiger partial charge in [-0.2, -0.15) is 0 Å². The Balaban J connectivity index is 1.93. The van der Waals surface area contributed by atoms with Gasteiger partial charge in [-0.15, -0.1) is 0 Å². The summed E-state index contributed by atoms with van der Waals surface area (Å²) in [6, 6.07) is 11.6. The van der Waals surface area contributed by atoms with Crippen molar-refractivity contribution in [2.75, 3.05) is 17.2 Å². The molecule has 0 aromatic heterocycles. The molecule has 2 aromatic carbocycles. The number of urea groups is 1. The Bertz CT molecular complexity index is 732.